The van der Waals surface area contributed by atoms with Gasteiger partial charge in [-0.05, 0) is 39.9 Å². The normalized spacial score (nSPS) is 10.7. The minimum atomic E-state index is 1.09. The van der Waals surface area contributed by atoms with Gasteiger partial charge in [0.25, 0.3) is 0 Å². The molecule has 0 atom stereocenters. The summed E-state index contributed by atoms with van der Waals surface area (Å²) in [6.45, 7) is 7.17. The van der Waals surface area contributed by atoms with Gasteiger partial charge in [-0.1, -0.05) is 12.5 Å². The molecule has 0 fully saturated rings. The molecule has 0 rings (SSSR count). The second-order valence-corrected chi connectivity index (χ2v) is 3.54. The molecule has 1 N–H and O–H groups in total. The first-order valence-electron chi connectivity index (χ1n) is 5.25. The number of hydrogen-bond acceptors (Lipinski definition) is 2. The fourth-order valence-corrected chi connectivity index (χ4v) is 1.26. The SMILES string of the molecule is C=CCCCCCN(C)CCNC. The van der Waals surface area contributed by atoms with Gasteiger partial charge >= 0.3 is 0 Å². The van der Waals surface area contributed by atoms with Crippen molar-refractivity contribution in [2.45, 2.75) is 25.7 Å². The predicted molar refractivity (Wildman–Crippen MR) is 60.1 cm³/mol. The first-order chi connectivity index (χ1) is 6.31. The van der Waals surface area contributed by atoms with E-state index in [0.717, 1.165) is 13.1 Å². The summed E-state index contributed by atoms with van der Waals surface area (Å²) in [6.07, 6.45) is 7.11. The van der Waals surface area contributed by atoms with Crippen molar-refractivity contribution in [3.05, 3.63) is 12.7 Å². The fourth-order valence-electron chi connectivity index (χ4n) is 1.26. The van der Waals surface area contributed by atoms with Gasteiger partial charge in [0.1, 0.15) is 0 Å². The van der Waals surface area contributed by atoms with Gasteiger partial charge in [0.15, 0.2) is 0 Å². The van der Waals surface area contributed by atoms with Crippen molar-refractivity contribution in [1.29, 1.82) is 0 Å². The van der Waals surface area contributed by atoms with Crippen LogP contribution in [0, 0.1) is 0 Å². The third-order valence-electron chi connectivity index (χ3n) is 2.19. The van der Waals surface area contributed by atoms with E-state index >= 15 is 0 Å². The van der Waals surface area contributed by atoms with Crippen LogP contribution in [0.3, 0.4) is 0 Å². The van der Waals surface area contributed by atoms with Crippen molar-refractivity contribution < 1.29 is 0 Å². The Balaban J connectivity index is 3.07. The van der Waals surface area contributed by atoms with E-state index in [1.807, 2.05) is 13.1 Å². The van der Waals surface area contributed by atoms with Crippen LogP contribution >= 0.6 is 0 Å². The molecule has 0 radical (unpaired) electrons. The van der Waals surface area contributed by atoms with E-state index in [1.54, 1.807) is 0 Å². The zero-order valence-corrected chi connectivity index (χ0v) is 9.18. The lowest BCUT2D eigenvalue weighted by molar-refractivity contribution is 0.326. The van der Waals surface area contributed by atoms with Crippen molar-refractivity contribution >= 4 is 0 Å². The Bertz CT molecular complexity index is 113. The Morgan fingerprint density at radius 3 is 2.62 bits per heavy atom. The van der Waals surface area contributed by atoms with Gasteiger partial charge in [0.2, 0.25) is 0 Å². The number of likely N-dealkylation sites (N-methyl/N-ethyl adjacent to an activating group) is 2. The van der Waals surface area contributed by atoms with E-state index in [-0.39, 0.29) is 0 Å². The summed E-state index contributed by atoms with van der Waals surface area (Å²) in [5.41, 5.74) is 0. The van der Waals surface area contributed by atoms with Crippen LogP contribution in [0.15, 0.2) is 12.7 Å². The zero-order valence-electron chi connectivity index (χ0n) is 9.18. The molecule has 0 aromatic carbocycles. The van der Waals surface area contributed by atoms with Gasteiger partial charge in [0, 0.05) is 13.1 Å². The lowest BCUT2D eigenvalue weighted by Crippen LogP contribution is -2.28. The highest BCUT2D eigenvalue weighted by Gasteiger charge is 1.95. The number of allylic oxidation sites excluding steroid dienone is 1. The summed E-state index contributed by atoms with van der Waals surface area (Å²) in [7, 11) is 4.18. The lowest BCUT2D eigenvalue weighted by Gasteiger charge is -2.15. The second kappa shape index (κ2) is 9.75. The predicted octanol–water partition coefficient (Wildman–Crippen LogP) is 1.88. The van der Waals surface area contributed by atoms with Gasteiger partial charge in [-0.25, -0.2) is 0 Å². The smallest absolute Gasteiger partial charge is 0.0104 e. The van der Waals surface area contributed by atoms with E-state index in [2.05, 4.69) is 23.8 Å². The molecule has 0 unspecified atom stereocenters. The maximum atomic E-state index is 3.72. The highest BCUT2D eigenvalue weighted by atomic mass is 15.1. The van der Waals surface area contributed by atoms with E-state index in [9.17, 15) is 0 Å². The molecule has 78 valence electrons. The van der Waals surface area contributed by atoms with Gasteiger partial charge in [-0.3, -0.25) is 0 Å². The molecule has 2 nitrogen and oxygen atoms in total. The molecule has 0 aliphatic carbocycles. The fraction of sp³-hybridized carbons (Fsp3) is 0.818. The molecular weight excluding hydrogens is 160 g/mol. The molecule has 0 spiro atoms. The molecule has 0 aliphatic rings. The van der Waals surface area contributed by atoms with E-state index in [0.29, 0.717) is 0 Å². The Morgan fingerprint density at radius 1 is 1.23 bits per heavy atom. The molecule has 0 saturated carbocycles. The molecule has 2 heteroatoms. The average Bonchev–Trinajstić information content (AvgIpc) is 2.14. The van der Waals surface area contributed by atoms with Crippen LogP contribution in [0.1, 0.15) is 25.7 Å². The molecular formula is C11H24N2. The maximum Gasteiger partial charge on any atom is 0.0104 e. The Morgan fingerprint density at radius 2 is 2.00 bits per heavy atom. The standard InChI is InChI=1S/C11H24N2/c1-4-5-6-7-8-10-13(3)11-9-12-2/h4,12H,1,5-11H2,2-3H3. The minimum Gasteiger partial charge on any atom is -0.318 e. The number of unbranched alkanes of at least 4 members (excludes halogenated alkanes) is 3. The van der Waals surface area contributed by atoms with Gasteiger partial charge in [0.05, 0.1) is 0 Å². The third-order valence-corrected chi connectivity index (χ3v) is 2.19. The average molecular weight is 184 g/mol. The highest BCUT2D eigenvalue weighted by molar-refractivity contribution is 4.65. The molecule has 0 aromatic rings. The van der Waals surface area contributed by atoms with Crippen molar-refractivity contribution in [1.82, 2.24) is 10.2 Å². The number of nitrogens with zero attached hydrogens (tertiary/aromatic N) is 1. The van der Waals surface area contributed by atoms with Crippen LogP contribution in [-0.4, -0.2) is 38.6 Å². The van der Waals surface area contributed by atoms with Gasteiger partial charge in [-0.15, -0.1) is 6.58 Å². The molecule has 0 aromatic heterocycles. The first kappa shape index (κ1) is 12.7. The molecule has 0 bridgehead atoms. The highest BCUT2D eigenvalue weighted by Crippen LogP contribution is 2.00. The quantitative estimate of drug-likeness (QED) is 0.435. The zero-order chi connectivity index (χ0) is 9.94. The summed E-state index contributed by atoms with van der Waals surface area (Å²) < 4.78 is 0. The van der Waals surface area contributed by atoms with Crippen LogP contribution in [0.25, 0.3) is 0 Å². The maximum absolute atomic E-state index is 3.72. The monoisotopic (exact) mass is 184 g/mol. The molecule has 0 amide bonds. The number of rotatable bonds is 9. The minimum absolute atomic E-state index is 1.09. The van der Waals surface area contributed by atoms with Crippen molar-refractivity contribution in [3.63, 3.8) is 0 Å². The summed E-state index contributed by atoms with van der Waals surface area (Å²) in [6, 6.07) is 0. The van der Waals surface area contributed by atoms with E-state index < -0.39 is 0 Å². The number of hydrogen-bond donors (Lipinski definition) is 1. The van der Waals surface area contributed by atoms with Crippen LogP contribution in [0.2, 0.25) is 0 Å². The first-order valence-corrected chi connectivity index (χ1v) is 5.25. The molecule has 13 heavy (non-hydrogen) atoms. The third kappa shape index (κ3) is 9.57. The molecule has 0 aliphatic heterocycles. The largest absolute Gasteiger partial charge is 0.318 e. The van der Waals surface area contributed by atoms with Crippen molar-refractivity contribution in [3.8, 4) is 0 Å². The topological polar surface area (TPSA) is 15.3 Å². The Kier molecular flexibility index (Phi) is 9.49. The Hall–Kier alpha value is -0.340. The molecule has 0 saturated heterocycles. The summed E-state index contributed by atoms with van der Waals surface area (Å²) >= 11 is 0. The van der Waals surface area contributed by atoms with Crippen molar-refractivity contribution in [2.24, 2.45) is 0 Å². The Labute approximate surface area is 83.0 Å². The van der Waals surface area contributed by atoms with E-state index in [4.69, 9.17) is 0 Å². The van der Waals surface area contributed by atoms with Crippen LogP contribution in [-0.2, 0) is 0 Å². The molecule has 0 heterocycles. The van der Waals surface area contributed by atoms with E-state index in [1.165, 1.54) is 32.2 Å². The van der Waals surface area contributed by atoms with Crippen LogP contribution in [0.4, 0.5) is 0 Å². The van der Waals surface area contributed by atoms with Crippen molar-refractivity contribution in [2.75, 3.05) is 33.7 Å². The summed E-state index contributed by atoms with van der Waals surface area (Å²) in [5.74, 6) is 0. The van der Waals surface area contributed by atoms with Gasteiger partial charge < -0.3 is 10.2 Å². The lowest BCUT2D eigenvalue weighted by atomic mass is 10.2. The van der Waals surface area contributed by atoms with Gasteiger partial charge in [-0.2, -0.15) is 0 Å². The number of nitrogens with one attached hydrogen (secondary N) is 1. The second-order valence-electron chi connectivity index (χ2n) is 3.54. The van der Waals surface area contributed by atoms with Crippen LogP contribution in [0.5, 0.6) is 0 Å². The van der Waals surface area contributed by atoms with Crippen LogP contribution < -0.4 is 5.32 Å². The summed E-state index contributed by atoms with van der Waals surface area (Å²) in [5, 5.41) is 3.15. The summed E-state index contributed by atoms with van der Waals surface area (Å²) in [4.78, 5) is 2.38.